The third-order valence-electron chi connectivity index (χ3n) is 13.3. The summed E-state index contributed by atoms with van der Waals surface area (Å²) < 4.78 is 7.70. The number of nitrogens with one attached hydrogen (secondary N) is 2. The number of aryl methyl sites for hydroxylation is 5. The molecule has 2 atom stereocenters. The highest BCUT2D eigenvalue weighted by Crippen LogP contribution is 2.40. The van der Waals surface area contributed by atoms with Crippen molar-refractivity contribution in [2.75, 3.05) is 22.1 Å². The summed E-state index contributed by atoms with van der Waals surface area (Å²) in [7, 11) is 3.91. The molecule has 2 aromatic carbocycles. The maximum absolute atomic E-state index is 12.8. The van der Waals surface area contributed by atoms with Crippen molar-refractivity contribution in [3.63, 3.8) is 0 Å². The van der Waals surface area contributed by atoms with Crippen molar-refractivity contribution in [3.05, 3.63) is 155 Å². The Balaban J connectivity index is 0.000000156. The number of carbonyl (C=O) groups excluding carboxylic acids is 2. The van der Waals surface area contributed by atoms with Crippen LogP contribution < -0.4 is 22.1 Å². The van der Waals surface area contributed by atoms with Crippen LogP contribution in [0.15, 0.2) is 110 Å². The molecule has 2 amide bonds. The summed E-state index contributed by atoms with van der Waals surface area (Å²) in [6.07, 6.45) is 16.1. The van der Waals surface area contributed by atoms with E-state index in [1.165, 1.54) is 18.3 Å². The fourth-order valence-corrected chi connectivity index (χ4v) is 9.81. The van der Waals surface area contributed by atoms with Gasteiger partial charge in [0, 0.05) is 71.8 Å². The number of hydrogen-bond donors (Lipinski definition) is 4. The molecule has 360 valence electrons. The number of hydrogen-bond acceptors (Lipinski definition) is 14. The topological polar surface area (TPSA) is 259 Å². The first kappa shape index (κ1) is 45.3. The van der Waals surface area contributed by atoms with Gasteiger partial charge in [-0.15, -0.1) is 0 Å². The van der Waals surface area contributed by atoms with Gasteiger partial charge in [0.1, 0.15) is 47.3 Å². The van der Waals surface area contributed by atoms with Gasteiger partial charge in [0.25, 0.3) is 11.8 Å². The van der Waals surface area contributed by atoms with Crippen molar-refractivity contribution < 1.29 is 9.59 Å². The zero-order valence-corrected chi connectivity index (χ0v) is 40.0. The Labute approximate surface area is 412 Å². The highest BCUT2D eigenvalue weighted by Gasteiger charge is 2.31. The standard InChI is InChI=1S/2C26H25N9O/c1-15-10-11-28-21(12-15)31-26(36)17-8-6-16(7-9-17)23-22-24(27)29-14-30-25(22)35(33-23)20-5-3-4-19-18(20)13-34(2)32-19;1-15-10-11-28-21(12-15)32-26(36)17-8-6-16(7-9-17)23-22-24(27)29-14-30-25(22)35(33-23)20-5-3-4-19-18(20)13-31-34(19)2/h6-14,20H,3-5H2,1-2H3,(H2,27,29,30)(H,28,31,36);6-14,20H,3-5H2,1-2H3,(H2,27,29,30)(H,28,32,36)/t2*20-/m00/s1. The lowest BCUT2D eigenvalue weighted by Crippen LogP contribution is -2.19. The molecule has 0 spiro atoms. The number of pyridine rings is 2. The van der Waals surface area contributed by atoms with E-state index in [1.807, 2.05) is 101 Å². The summed E-state index contributed by atoms with van der Waals surface area (Å²) in [5.41, 5.74) is 24.8. The van der Waals surface area contributed by atoms with Gasteiger partial charge in [-0.1, -0.05) is 24.3 Å². The van der Waals surface area contributed by atoms with E-state index in [0.717, 1.165) is 77.6 Å². The fraction of sp³-hybridized carbons (Fsp3) is 0.231. The van der Waals surface area contributed by atoms with Crippen molar-refractivity contribution in [2.24, 2.45) is 14.1 Å². The molecule has 0 bridgehead atoms. The molecule has 0 saturated heterocycles. The van der Waals surface area contributed by atoms with Crippen LogP contribution in [0.2, 0.25) is 0 Å². The van der Waals surface area contributed by atoms with Crippen molar-refractivity contribution in [2.45, 2.75) is 64.5 Å². The lowest BCUT2D eigenvalue weighted by atomic mass is 9.93. The summed E-state index contributed by atoms with van der Waals surface area (Å²) in [4.78, 5) is 51.5. The Morgan fingerprint density at radius 3 is 1.62 bits per heavy atom. The molecule has 0 saturated carbocycles. The number of fused-ring (bicyclic) bond motifs is 4. The highest BCUT2D eigenvalue weighted by atomic mass is 16.2. The molecule has 6 N–H and O–H groups in total. The van der Waals surface area contributed by atoms with Crippen LogP contribution in [0.25, 0.3) is 44.6 Å². The number of rotatable bonds is 8. The third kappa shape index (κ3) is 8.51. The molecule has 10 aromatic rings. The van der Waals surface area contributed by atoms with E-state index in [4.69, 9.17) is 21.7 Å². The second-order valence-corrected chi connectivity index (χ2v) is 18.2. The Bertz CT molecular complexity index is 3490. The molecule has 0 unspecified atom stereocenters. The largest absolute Gasteiger partial charge is 0.383 e. The van der Waals surface area contributed by atoms with Crippen LogP contribution in [-0.2, 0) is 26.9 Å². The number of amides is 2. The van der Waals surface area contributed by atoms with Crippen LogP contribution in [0.3, 0.4) is 0 Å². The molecular weight excluding hydrogens is 909 g/mol. The maximum atomic E-state index is 12.8. The van der Waals surface area contributed by atoms with E-state index in [9.17, 15) is 9.59 Å². The van der Waals surface area contributed by atoms with Crippen LogP contribution in [-0.4, -0.2) is 80.8 Å². The molecule has 8 heterocycles. The monoisotopic (exact) mass is 958 g/mol. The molecule has 0 fully saturated rings. The number of nitrogen functional groups attached to an aromatic ring is 2. The number of aromatic nitrogens is 14. The fourth-order valence-electron chi connectivity index (χ4n) is 9.81. The molecular formula is C52H50N18O2. The Kier molecular flexibility index (Phi) is 11.7. The zero-order valence-electron chi connectivity index (χ0n) is 40.0. The van der Waals surface area contributed by atoms with Gasteiger partial charge in [-0.25, -0.2) is 39.3 Å². The number of nitrogens with zero attached hydrogens (tertiary/aromatic N) is 14. The molecule has 0 radical (unpaired) electrons. The molecule has 2 aliphatic rings. The van der Waals surface area contributed by atoms with Gasteiger partial charge < -0.3 is 22.1 Å². The summed E-state index contributed by atoms with van der Waals surface area (Å²) in [5, 5.41) is 26.2. The van der Waals surface area contributed by atoms with E-state index in [0.29, 0.717) is 67.9 Å². The third-order valence-corrected chi connectivity index (χ3v) is 13.3. The molecule has 2 aliphatic carbocycles. The quantitative estimate of drug-likeness (QED) is 0.116. The number of nitrogens with two attached hydrogens (primary N) is 2. The first-order chi connectivity index (χ1) is 35.0. The molecule has 72 heavy (non-hydrogen) atoms. The van der Waals surface area contributed by atoms with E-state index in [2.05, 4.69) is 56.9 Å². The van der Waals surface area contributed by atoms with Crippen LogP contribution in [0.1, 0.15) is 92.1 Å². The van der Waals surface area contributed by atoms with E-state index in [1.54, 1.807) is 36.7 Å². The maximum Gasteiger partial charge on any atom is 0.256 e. The zero-order chi connectivity index (χ0) is 49.6. The van der Waals surface area contributed by atoms with Gasteiger partial charge in [-0.2, -0.15) is 20.4 Å². The van der Waals surface area contributed by atoms with Crippen molar-refractivity contribution in [1.82, 2.24) is 69.0 Å². The summed E-state index contributed by atoms with van der Waals surface area (Å²) in [6, 6.07) is 22.0. The van der Waals surface area contributed by atoms with Gasteiger partial charge in [-0.3, -0.25) is 19.0 Å². The van der Waals surface area contributed by atoms with Crippen molar-refractivity contribution in [1.29, 1.82) is 0 Å². The summed E-state index contributed by atoms with van der Waals surface area (Å²) >= 11 is 0. The average Bonchev–Trinajstić information content (AvgIpc) is 4.18. The molecule has 0 aliphatic heterocycles. The average molecular weight is 959 g/mol. The molecule has 20 nitrogen and oxygen atoms in total. The summed E-state index contributed by atoms with van der Waals surface area (Å²) in [6.45, 7) is 3.90. The van der Waals surface area contributed by atoms with Crippen LogP contribution >= 0.6 is 0 Å². The van der Waals surface area contributed by atoms with E-state index >= 15 is 0 Å². The second-order valence-electron chi connectivity index (χ2n) is 18.2. The SMILES string of the molecule is Cc1ccnc(NC(=O)c2ccc(-c3nn([C@H]4CCCc5c4cnn5C)c4ncnc(N)c34)cc2)c1.Cc1ccnc(NC(=O)c2ccc(-c3nn([C@H]4CCCc5nn(C)cc54)c4ncnc(N)c34)cc2)c1. The van der Waals surface area contributed by atoms with Gasteiger partial charge in [-0.05, 0) is 112 Å². The smallest absolute Gasteiger partial charge is 0.256 e. The minimum absolute atomic E-state index is 0.0138. The predicted molar refractivity (Wildman–Crippen MR) is 273 cm³/mol. The lowest BCUT2D eigenvalue weighted by molar-refractivity contribution is 0.101. The van der Waals surface area contributed by atoms with Crippen LogP contribution in [0.4, 0.5) is 23.3 Å². The molecule has 8 aromatic heterocycles. The van der Waals surface area contributed by atoms with Gasteiger partial charge in [0.15, 0.2) is 11.3 Å². The Morgan fingerprint density at radius 2 is 1.11 bits per heavy atom. The van der Waals surface area contributed by atoms with Crippen LogP contribution in [0, 0.1) is 13.8 Å². The first-order valence-electron chi connectivity index (χ1n) is 23.7. The van der Waals surface area contributed by atoms with E-state index in [-0.39, 0.29) is 23.9 Å². The Morgan fingerprint density at radius 1 is 0.611 bits per heavy atom. The predicted octanol–water partition coefficient (Wildman–Crippen LogP) is 7.38. The Hall–Kier alpha value is -9.20. The second kappa shape index (κ2) is 18.6. The number of carbonyl (C=O) groups is 2. The van der Waals surface area contributed by atoms with Gasteiger partial charge >= 0.3 is 0 Å². The summed E-state index contributed by atoms with van der Waals surface area (Å²) in [5.74, 6) is 1.31. The number of anilines is 4. The normalized spacial score (nSPS) is 15.1. The molecule has 12 rings (SSSR count). The van der Waals surface area contributed by atoms with Gasteiger partial charge in [0.05, 0.1) is 34.7 Å². The minimum atomic E-state index is -0.232. The highest BCUT2D eigenvalue weighted by molar-refractivity contribution is 6.06. The van der Waals surface area contributed by atoms with Crippen molar-refractivity contribution in [3.8, 4) is 22.5 Å². The van der Waals surface area contributed by atoms with E-state index < -0.39 is 0 Å². The van der Waals surface area contributed by atoms with Gasteiger partial charge in [0.2, 0.25) is 0 Å². The van der Waals surface area contributed by atoms with Crippen molar-refractivity contribution >= 4 is 57.2 Å². The minimum Gasteiger partial charge on any atom is -0.383 e. The lowest BCUT2D eigenvalue weighted by Gasteiger charge is -2.23. The number of benzene rings is 2. The van der Waals surface area contributed by atoms with Crippen LogP contribution in [0.5, 0.6) is 0 Å². The molecule has 20 heteroatoms. The first-order valence-corrected chi connectivity index (χ1v) is 23.7.